The fourth-order valence-corrected chi connectivity index (χ4v) is 3.71. The van der Waals surface area contributed by atoms with Crippen LogP contribution < -0.4 is 5.32 Å². The van der Waals surface area contributed by atoms with Gasteiger partial charge in [0, 0.05) is 24.6 Å². The quantitative estimate of drug-likeness (QED) is 0.699. The Bertz CT molecular complexity index is 918. The second-order valence-corrected chi connectivity index (χ2v) is 7.15. The Labute approximate surface area is 157 Å². The SMILES string of the molecule is COCc1cccc(CNC(=O)c2csc(-c3ccc(C)cc3C)n2)c1. The molecule has 1 N–H and O–H groups in total. The van der Waals surface area contributed by atoms with E-state index < -0.39 is 0 Å². The normalized spacial score (nSPS) is 10.7. The highest BCUT2D eigenvalue weighted by Gasteiger charge is 2.13. The number of nitrogens with one attached hydrogen (secondary N) is 1. The Hall–Kier alpha value is -2.50. The largest absolute Gasteiger partial charge is 0.380 e. The summed E-state index contributed by atoms with van der Waals surface area (Å²) in [7, 11) is 1.67. The molecule has 2 aromatic carbocycles. The van der Waals surface area contributed by atoms with Gasteiger partial charge in [-0.1, -0.05) is 48.0 Å². The van der Waals surface area contributed by atoms with E-state index in [2.05, 4.69) is 42.3 Å². The van der Waals surface area contributed by atoms with Crippen LogP contribution in [0.4, 0.5) is 0 Å². The Kier molecular flexibility index (Phi) is 5.81. The molecule has 0 aliphatic heterocycles. The number of benzene rings is 2. The molecule has 1 amide bonds. The molecule has 0 spiro atoms. The van der Waals surface area contributed by atoms with E-state index in [1.165, 1.54) is 22.5 Å². The van der Waals surface area contributed by atoms with Gasteiger partial charge in [0.1, 0.15) is 10.7 Å². The summed E-state index contributed by atoms with van der Waals surface area (Å²) in [6.07, 6.45) is 0. The van der Waals surface area contributed by atoms with Crippen molar-refractivity contribution in [3.8, 4) is 10.6 Å². The van der Waals surface area contributed by atoms with E-state index >= 15 is 0 Å². The van der Waals surface area contributed by atoms with E-state index in [1.54, 1.807) is 7.11 Å². The average Bonchev–Trinajstić information content (AvgIpc) is 3.10. The Balaban J connectivity index is 1.67. The van der Waals surface area contributed by atoms with Crippen LogP contribution in [0, 0.1) is 13.8 Å². The second kappa shape index (κ2) is 8.25. The summed E-state index contributed by atoms with van der Waals surface area (Å²) < 4.78 is 5.14. The number of ether oxygens (including phenoxy) is 1. The van der Waals surface area contributed by atoms with Crippen molar-refractivity contribution in [2.75, 3.05) is 7.11 Å². The summed E-state index contributed by atoms with van der Waals surface area (Å²) in [5.74, 6) is -0.158. The molecule has 0 fully saturated rings. The van der Waals surface area contributed by atoms with Gasteiger partial charge in [0.2, 0.25) is 0 Å². The van der Waals surface area contributed by atoms with E-state index in [9.17, 15) is 4.79 Å². The van der Waals surface area contributed by atoms with Gasteiger partial charge < -0.3 is 10.1 Å². The molecule has 0 bridgehead atoms. The number of rotatable bonds is 6. The minimum Gasteiger partial charge on any atom is -0.380 e. The first-order valence-electron chi connectivity index (χ1n) is 8.45. The predicted octanol–water partition coefficient (Wildman–Crippen LogP) is 4.50. The van der Waals surface area contributed by atoms with Gasteiger partial charge >= 0.3 is 0 Å². The molecular formula is C21H22N2O2S. The molecule has 0 saturated carbocycles. The highest BCUT2D eigenvalue weighted by Crippen LogP contribution is 2.27. The van der Waals surface area contributed by atoms with Crippen molar-refractivity contribution >= 4 is 17.2 Å². The molecule has 0 aliphatic carbocycles. The number of thiazole rings is 1. The zero-order valence-corrected chi connectivity index (χ0v) is 16.0. The highest BCUT2D eigenvalue weighted by atomic mass is 32.1. The van der Waals surface area contributed by atoms with Crippen molar-refractivity contribution in [1.82, 2.24) is 10.3 Å². The number of amides is 1. The first kappa shape index (κ1) is 18.3. The summed E-state index contributed by atoms with van der Waals surface area (Å²) in [5, 5.41) is 5.62. The minimum absolute atomic E-state index is 0.158. The number of methoxy groups -OCH3 is 1. The zero-order valence-electron chi connectivity index (χ0n) is 15.2. The zero-order chi connectivity index (χ0) is 18.5. The van der Waals surface area contributed by atoms with Gasteiger partial charge in [0.05, 0.1) is 6.61 Å². The van der Waals surface area contributed by atoms with Crippen LogP contribution in [0.5, 0.6) is 0 Å². The summed E-state index contributed by atoms with van der Waals surface area (Å²) in [6, 6.07) is 14.3. The van der Waals surface area contributed by atoms with Gasteiger partial charge in [-0.25, -0.2) is 4.98 Å². The van der Waals surface area contributed by atoms with Crippen LogP contribution in [0.15, 0.2) is 47.8 Å². The van der Waals surface area contributed by atoms with Crippen LogP contribution in [0.3, 0.4) is 0 Å². The third-order valence-corrected chi connectivity index (χ3v) is 4.98. The maximum absolute atomic E-state index is 12.4. The lowest BCUT2D eigenvalue weighted by molar-refractivity contribution is 0.0946. The van der Waals surface area contributed by atoms with Gasteiger partial charge in [0.25, 0.3) is 5.91 Å². The van der Waals surface area contributed by atoms with Crippen molar-refractivity contribution < 1.29 is 9.53 Å². The number of aromatic nitrogens is 1. The van der Waals surface area contributed by atoms with Crippen LogP contribution in [0.2, 0.25) is 0 Å². The number of hydrogen-bond donors (Lipinski definition) is 1. The van der Waals surface area contributed by atoms with Gasteiger partial charge in [-0.2, -0.15) is 0 Å². The molecule has 1 aromatic heterocycles. The predicted molar refractivity (Wildman–Crippen MR) is 105 cm³/mol. The molecule has 0 saturated heterocycles. The topological polar surface area (TPSA) is 51.2 Å². The maximum atomic E-state index is 12.4. The average molecular weight is 366 g/mol. The summed E-state index contributed by atoms with van der Waals surface area (Å²) in [6.45, 7) is 5.16. The van der Waals surface area contributed by atoms with Crippen molar-refractivity contribution in [1.29, 1.82) is 0 Å². The van der Waals surface area contributed by atoms with E-state index in [1.807, 2.05) is 29.6 Å². The first-order chi connectivity index (χ1) is 12.6. The third kappa shape index (κ3) is 4.36. The number of hydrogen-bond acceptors (Lipinski definition) is 4. The lowest BCUT2D eigenvalue weighted by Gasteiger charge is -2.06. The van der Waals surface area contributed by atoms with Gasteiger partial charge in [-0.15, -0.1) is 11.3 Å². The van der Waals surface area contributed by atoms with Crippen molar-refractivity contribution in [2.45, 2.75) is 27.0 Å². The highest BCUT2D eigenvalue weighted by molar-refractivity contribution is 7.13. The smallest absolute Gasteiger partial charge is 0.271 e. The fraction of sp³-hybridized carbons (Fsp3) is 0.238. The molecule has 0 aliphatic rings. The molecular weight excluding hydrogens is 344 g/mol. The van der Waals surface area contributed by atoms with Crippen molar-refractivity contribution in [3.63, 3.8) is 0 Å². The van der Waals surface area contributed by atoms with E-state index in [0.717, 1.165) is 21.7 Å². The Morgan fingerprint density at radius 2 is 1.96 bits per heavy atom. The molecule has 4 nitrogen and oxygen atoms in total. The number of carbonyl (C=O) groups is 1. The molecule has 0 radical (unpaired) electrons. The van der Waals surface area contributed by atoms with Gasteiger partial charge in [-0.3, -0.25) is 4.79 Å². The molecule has 5 heteroatoms. The Morgan fingerprint density at radius 1 is 1.15 bits per heavy atom. The van der Waals surface area contributed by atoms with E-state index in [0.29, 0.717) is 18.8 Å². The van der Waals surface area contributed by atoms with Gasteiger partial charge in [-0.05, 0) is 30.5 Å². The second-order valence-electron chi connectivity index (χ2n) is 6.29. The molecule has 26 heavy (non-hydrogen) atoms. The van der Waals surface area contributed by atoms with E-state index in [-0.39, 0.29) is 5.91 Å². The molecule has 0 unspecified atom stereocenters. The summed E-state index contributed by atoms with van der Waals surface area (Å²) in [5.41, 5.74) is 6.05. The number of nitrogens with zero attached hydrogens (tertiary/aromatic N) is 1. The van der Waals surface area contributed by atoms with Crippen molar-refractivity contribution in [3.05, 3.63) is 75.8 Å². The standard InChI is InChI=1S/C21H22N2O2S/c1-14-7-8-18(15(2)9-14)21-23-19(13-26-21)20(24)22-11-16-5-4-6-17(10-16)12-25-3/h4-10,13H,11-12H2,1-3H3,(H,22,24). The fourth-order valence-electron chi connectivity index (χ4n) is 2.82. The lowest BCUT2D eigenvalue weighted by atomic mass is 10.1. The molecule has 3 aromatic rings. The van der Waals surface area contributed by atoms with Crippen LogP contribution in [0.1, 0.15) is 32.7 Å². The summed E-state index contributed by atoms with van der Waals surface area (Å²) in [4.78, 5) is 16.9. The minimum atomic E-state index is -0.158. The van der Waals surface area contributed by atoms with Crippen LogP contribution in [-0.4, -0.2) is 18.0 Å². The van der Waals surface area contributed by atoms with Gasteiger partial charge in [0.15, 0.2) is 0 Å². The first-order valence-corrected chi connectivity index (χ1v) is 9.33. The van der Waals surface area contributed by atoms with Crippen LogP contribution in [-0.2, 0) is 17.9 Å². The lowest BCUT2D eigenvalue weighted by Crippen LogP contribution is -2.23. The molecule has 0 atom stereocenters. The number of carbonyl (C=O) groups excluding carboxylic acids is 1. The molecule has 1 heterocycles. The van der Waals surface area contributed by atoms with Crippen LogP contribution in [0.25, 0.3) is 10.6 Å². The summed E-state index contributed by atoms with van der Waals surface area (Å²) >= 11 is 1.49. The number of aryl methyl sites for hydroxylation is 2. The van der Waals surface area contributed by atoms with E-state index in [4.69, 9.17) is 4.74 Å². The molecule has 134 valence electrons. The monoisotopic (exact) mass is 366 g/mol. The molecule has 3 rings (SSSR count). The van der Waals surface area contributed by atoms with Crippen LogP contribution >= 0.6 is 11.3 Å². The Morgan fingerprint density at radius 3 is 2.73 bits per heavy atom. The maximum Gasteiger partial charge on any atom is 0.271 e. The third-order valence-electron chi connectivity index (χ3n) is 4.10. The van der Waals surface area contributed by atoms with Crippen molar-refractivity contribution in [2.24, 2.45) is 0 Å².